The first-order valence-corrected chi connectivity index (χ1v) is 21.7. The Morgan fingerprint density at radius 2 is 1.31 bits per heavy atom. The van der Waals surface area contributed by atoms with E-state index in [1.165, 1.54) is 34.7 Å². The summed E-state index contributed by atoms with van der Waals surface area (Å²) in [6, 6.07) is 4.72. The highest BCUT2D eigenvalue weighted by Gasteiger charge is 2.52. The number of unbranched alkanes of at least 4 members (excludes halogenated alkanes) is 6. The highest BCUT2D eigenvalue weighted by atomic mass is 16.7. The minimum atomic E-state index is -1.53. The predicted octanol–water partition coefficient (Wildman–Crippen LogP) is 5.25. The van der Waals surface area contributed by atoms with E-state index in [0.29, 0.717) is 31.7 Å². The molecule has 0 saturated carbocycles. The number of hydrogen-bond acceptors (Lipinski definition) is 16. The second-order valence-corrected chi connectivity index (χ2v) is 16.7. The van der Waals surface area contributed by atoms with E-state index in [2.05, 4.69) is 10.6 Å². The maximum Gasteiger partial charge on any atom is 0.410 e. The van der Waals surface area contributed by atoms with Crippen molar-refractivity contribution in [1.82, 2.24) is 20.0 Å². The summed E-state index contributed by atoms with van der Waals surface area (Å²) in [6.45, 7) is 11.0. The molecule has 0 unspecified atom stereocenters. The predicted molar refractivity (Wildman–Crippen MR) is 233 cm³/mol. The molecule has 2 rings (SSSR count). The van der Waals surface area contributed by atoms with E-state index >= 15 is 0 Å². The molecule has 2 N–H and O–H groups in total. The van der Waals surface area contributed by atoms with Crippen LogP contribution >= 0.6 is 0 Å². The number of carbonyl (C=O) groups excluding carboxylic acids is 7. The van der Waals surface area contributed by atoms with Crippen LogP contribution in [0.15, 0.2) is 18.2 Å². The van der Waals surface area contributed by atoms with Gasteiger partial charge in [0.05, 0.1) is 25.3 Å². The molecule has 4 amide bonds. The molecular weight excluding hydrogens is 839 g/mol. The summed E-state index contributed by atoms with van der Waals surface area (Å²) < 4.78 is 44.3. The molecule has 1 fully saturated rings. The number of benzene rings is 1. The van der Waals surface area contributed by atoms with Gasteiger partial charge >= 0.3 is 36.2 Å². The fourth-order valence-electron chi connectivity index (χ4n) is 6.29. The van der Waals surface area contributed by atoms with Gasteiger partial charge in [-0.25, -0.2) is 19.2 Å². The van der Waals surface area contributed by atoms with Crippen LogP contribution in [0.25, 0.3) is 0 Å². The van der Waals surface area contributed by atoms with Gasteiger partial charge in [0.25, 0.3) is 0 Å². The standard InChI is InChI=1S/C44H71N5O15/c1-29-36(60-30(2)50)37(61-31(3)51)38(39(53)57-11)63-40(29)62-34-21-20-32(28-59-42(55)48(9)24-25-49(10)43(56)64-44(4,5)6)27-33(34)46-35(52)19-17-15-13-12-14-16-18-26-58-41(54)47(8)23-22-45-7/h20-21,27,29,36-38,40,45H,12-19,22-26,28H2,1-11H3,(H,46,52)/t29-,36-,37+,38+,40-/m1/s1. The average Bonchev–Trinajstić information content (AvgIpc) is 3.22. The van der Waals surface area contributed by atoms with Crippen LogP contribution in [0, 0.1) is 5.92 Å². The lowest BCUT2D eigenvalue weighted by Gasteiger charge is -2.42. The molecule has 1 heterocycles. The van der Waals surface area contributed by atoms with Crippen molar-refractivity contribution < 1.29 is 71.5 Å². The number of carbonyl (C=O) groups is 7. The van der Waals surface area contributed by atoms with Crippen molar-refractivity contribution in [2.45, 2.75) is 130 Å². The highest BCUT2D eigenvalue weighted by molar-refractivity contribution is 5.92. The Kier molecular flexibility index (Phi) is 23.7. The molecule has 0 aliphatic carbocycles. The molecule has 1 aliphatic heterocycles. The Bertz CT molecular complexity index is 1690. The lowest BCUT2D eigenvalue weighted by molar-refractivity contribution is -0.261. The lowest BCUT2D eigenvalue weighted by Crippen LogP contribution is -2.60. The van der Waals surface area contributed by atoms with Gasteiger partial charge in [-0.1, -0.05) is 45.1 Å². The van der Waals surface area contributed by atoms with Crippen molar-refractivity contribution in [1.29, 1.82) is 0 Å². The minimum absolute atomic E-state index is 0.119. The monoisotopic (exact) mass is 909 g/mol. The van der Waals surface area contributed by atoms with E-state index in [-0.39, 0.29) is 49.6 Å². The number of nitrogens with zero attached hydrogens (tertiary/aromatic N) is 3. The zero-order valence-electron chi connectivity index (χ0n) is 39.5. The summed E-state index contributed by atoms with van der Waals surface area (Å²) >= 11 is 0. The SMILES string of the molecule is CNCCN(C)C(=O)OCCCCCCCCCC(=O)Nc1cc(COC(=O)N(C)CCN(C)C(=O)OC(C)(C)C)ccc1O[C@@H]1O[C@H](C(=O)OC)[C@@H](OC(C)=O)[C@H](OC(C)=O)[C@H]1C. The van der Waals surface area contributed by atoms with Crippen LogP contribution in [0.4, 0.5) is 20.1 Å². The quantitative estimate of drug-likeness (QED) is 0.0768. The van der Waals surface area contributed by atoms with E-state index < -0.39 is 66.2 Å². The maximum atomic E-state index is 13.4. The van der Waals surface area contributed by atoms with Crippen LogP contribution in [-0.4, -0.2) is 155 Å². The van der Waals surface area contributed by atoms with E-state index in [1.54, 1.807) is 53.9 Å². The van der Waals surface area contributed by atoms with E-state index in [9.17, 15) is 33.6 Å². The Morgan fingerprint density at radius 3 is 1.91 bits per heavy atom. The van der Waals surface area contributed by atoms with Crippen LogP contribution in [-0.2, 0) is 58.9 Å². The molecule has 0 spiro atoms. The molecule has 1 aromatic carbocycles. The van der Waals surface area contributed by atoms with Crippen LogP contribution in [0.5, 0.6) is 5.75 Å². The van der Waals surface area contributed by atoms with Crippen molar-refractivity contribution in [2.24, 2.45) is 5.92 Å². The number of esters is 3. The Balaban J connectivity index is 2.15. The number of amides is 4. The maximum absolute atomic E-state index is 13.4. The van der Waals surface area contributed by atoms with Crippen LogP contribution in [0.1, 0.15) is 98.5 Å². The van der Waals surface area contributed by atoms with E-state index in [1.807, 2.05) is 7.05 Å². The summed E-state index contributed by atoms with van der Waals surface area (Å²) in [5.41, 5.74) is 0.0224. The first-order chi connectivity index (χ1) is 30.2. The van der Waals surface area contributed by atoms with Crippen LogP contribution < -0.4 is 15.4 Å². The van der Waals surface area contributed by atoms with Gasteiger partial charge in [0, 0.05) is 67.6 Å². The van der Waals surface area contributed by atoms with Gasteiger partial charge in [-0.3, -0.25) is 14.4 Å². The number of likely N-dealkylation sites (N-methyl/N-ethyl adjacent to an activating group) is 4. The number of hydrogen-bond donors (Lipinski definition) is 2. The van der Waals surface area contributed by atoms with Gasteiger partial charge < -0.3 is 63.2 Å². The smallest absolute Gasteiger partial charge is 0.410 e. The highest BCUT2D eigenvalue weighted by Crippen LogP contribution is 2.36. The van der Waals surface area contributed by atoms with E-state index in [4.69, 9.17) is 37.9 Å². The third-order valence-electron chi connectivity index (χ3n) is 9.88. The molecule has 1 aromatic rings. The van der Waals surface area contributed by atoms with Crippen molar-refractivity contribution in [3.8, 4) is 5.75 Å². The zero-order valence-corrected chi connectivity index (χ0v) is 39.5. The van der Waals surface area contributed by atoms with Gasteiger partial charge in [0.1, 0.15) is 18.0 Å². The molecule has 0 aromatic heterocycles. The molecule has 20 nitrogen and oxygen atoms in total. The Labute approximate surface area is 377 Å². The molecule has 1 aliphatic rings. The number of nitrogens with one attached hydrogen (secondary N) is 2. The largest absolute Gasteiger partial charge is 0.467 e. The minimum Gasteiger partial charge on any atom is -0.467 e. The lowest BCUT2D eigenvalue weighted by atomic mass is 9.91. The normalized spacial score (nSPS) is 18.1. The summed E-state index contributed by atoms with van der Waals surface area (Å²) in [5.74, 6) is -3.35. The summed E-state index contributed by atoms with van der Waals surface area (Å²) in [5, 5.41) is 5.88. The van der Waals surface area contributed by atoms with Crippen LogP contribution in [0.2, 0.25) is 0 Å². The zero-order chi connectivity index (χ0) is 48.0. The van der Waals surface area contributed by atoms with Gasteiger partial charge in [0.15, 0.2) is 18.3 Å². The first-order valence-electron chi connectivity index (χ1n) is 21.7. The van der Waals surface area contributed by atoms with Crippen molar-refractivity contribution in [3.63, 3.8) is 0 Å². The van der Waals surface area contributed by atoms with Gasteiger partial charge in [-0.15, -0.1) is 0 Å². The fraction of sp³-hybridized carbons (Fsp3) is 0.705. The number of methoxy groups -OCH3 is 1. The molecule has 1 saturated heterocycles. The molecular formula is C44H71N5O15. The summed E-state index contributed by atoms with van der Waals surface area (Å²) in [6.07, 6.45) is -0.722. The van der Waals surface area contributed by atoms with Gasteiger partial charge in [-0.05, 0) is 58.4 Å². The molecule has 20 heteroatoms. The van der Waals surface area contributed by atoms with Gasteiger partial charge in [0.2, 0.25) is 12.2 Å². The number of anilines is 1. The molecule has 0 radical (unpaired) electrons. The van der Waals surface area contributed by atoms with Crippen molar-refractivity contribution in [3.05, 3.63) is 23.8 Å². The molecule has 0 bridgehead atoms. The van der Waals surface area contributed by atoms with Gasteiger partial charge in [-0.2, -0.15) is 0 Å². The van der Waals surface area contributed by atoms with Crippen molar-refractivity contribution in [2.75, 3.05) is 73.4 Å². The molecule has 362 valence electrons. The summed E-state index contributed by atoms with van der Waals surface area (Å²) in [7, 11) is 7.74. The average molecular weight is 910 g/mol. The molecule has 5 atom stereocenters. The Hall–Kier alpha value is -5.37. The molecule has 64 heavy (non-hydrogen) atoms. The third-order valence-corrected chi connectivity index (χ3v) is 9.88. The Morgan fingerprint density at radius 1 is 0.750 bits per heavy atom. The third kappa shape index (κ3) is 20.0. The second-order valence-electron chi connectivity index (χ2n) is 16.7. The van der Waals surface area contributed by atoms with Crippen molar-refractivity contribution >= 4 is 47.8 Å². The summed E-state index contributed by atoms with van der Waals surface area (Å²) in [4.78, 5) is 92.0. The first kappa shape index (κ1) is 54.8. The second kappa shape index (κ2) is 27.7. The number of rotatable bonds is 24. The van der Waals surface area contributed by atoms with E-state index in [0.717, 1.165) is 52.6 Å². The van der Waals surface area contributed by atoms with Crippen LogP contribution in [0.3, 0.4) is 0 Å². The topological polar surface area (TPSA) is 227 Å². The fourth-order valence-corrected chi connectivity index (χ4v) is 6.29. The number of ether oxygens (including phenoxy) is 8.